The van der Waals surface area contributed by atoms with Crippen LogP contribution in [0.15, 0.2) is 46.3 Å². The quantitative estimate of drug-likeness (QED) is 0.269. The van der Waals surface area contributed by atoms with E-state index in [-0.39, 0.29) is 30.3 Å². The van der Waals surface area contributed by atoms with E-state index in [0.717, 1.165) is 41.1 Å². The number of aliphatic hydroxyl groups excluding tert-OH is 2. The summed E-state index contributed by atoms with van der Waals surface area (Å²) in [5, 5.41) is 24.5. The van der Waals surface area contributed by atoms with Crippen LogP contribution in [-0.2, 0) is 25.6 Å². The third-order valence-corrected chi connectivity index (χ3v) is 9.43. The van der Waals surface area contributed by atoms with Gasteiger partial charge in [-0.05, 0) is 42.9 Å². The number of carbonyl (C=O) groups excluding carboxylic acids is 2. The third kappa shape index (κ3) is 8.43. The van der Waals surface area contributed by atoms with Crippen LogP contribution in [0.5, 0.6) is 0 Å². The molecule has 228 valence electrons. The number of rotatable bonds is 5. The number of ether oxygens (including phenoxy) is 2. The van der Waals surface area contributed by atoms with Gasteiger partial charge in [0.15, 0.2) is 0 Å². The molecule has 2 N–H and O–H groups in total. The van der Waals surface area contributed by atoms with Crippen molar-refractivity contribution in [3.63, 3.8) is 0 Å². The number of thiazole rings is 1. The summed E-state index contributed by atoms with van der Waals surface area (Å²) >= 11 is 1.49. The van der Waals surface area contributed by atoms with Crippen LogP contribution in [0.2, 0.25) is 0 Å². The molecular formula is C33H44N2O6S. The van der Waals surface area contributed by atoms with Crippen molar-refractivity contribution in [1.29, 1.82) is 0 Å². The van der Waals surface area contributed by atoms with E-state index < -0.39 is 35.6 Å². The van der Waals surface area contributed by atoms with Crippen LogP contribution in [0.1, 0.15) is 83.0 Å². The van der Waals surface area contributed by atoms with Crippen LogP contribution in [-0.4, -0.2) is 63.7 Å². The van der Waals surface area contributed by atoms with Crippen molar-refractivity contribution in [3.05, 3.63) is 57.6 Å². The SMILES string of the molecule is CC(=Cc1csc(C=NCc2ccccc2)n1)[C@@H]1C[C@@H]2O[C@@H]2CCC[C@H](C)C(O)[C@@H](C)C(=O)C(C)(C)[C@@H](O)CC(=O)O1. The highest BCUT2D eigenvalue weighted by atomic mass is 32.1. The number of esters is 1. The predicted octanol–water partition coefficient (Wildman–Crippen LogP) is 5.40. The second kappa shape index (κ2) is 14.2. The third-order valence-electron chi connectivity index (χ3n) is 8.63. The number of hydrogen-bond acceptors (Lipinski definition) is 9. The van der Waals surface area contributed by atoms with Crippen LogP contribution in [0, 0.1) is 17.3 Å². The zero-order valence-corrected chi connectivity index (χ0v) is 26.0. The summed E-state index contributed by atoms with van der Waals surface area (Å²) in [6.07, 6.45) is 3.75. The summed E-state index contributed by atoms with van der Waals surface area (Å²) in [5.41, 5.74) is 1.49. The van der Waals surface area contributed by atoms with E-state index in [1.54, 1.807) is 27.0 Å². The van der Waals surface area contributed by atoms with Gasteiger partial charge in [0.2, 0.25) is 0 Å². The number of epoxide rings is 1. The Labute approximate surface area is 252 Å². The van der Waals surface area contributed by atoms with Crippen molar-refractivity contribution in [1.82, 2.24) is 4.98 Å². The zero-order chi connectivity index (χ0) is 30.4. The first-order valence-corrected chi connectivity index (χ1v) is 15.8. The van der Waals surface area contributed by atoms with Crippen LogP contribution in [0.25, 0.3) is 6.08 Å². The Kier molecular flexibility index (Phi) is 10.9. The molecule has 7 atom stereocenters. The molecule has 2 aliphatic heterocycles. The summed E-state index contributed by atoms with van der Waals surface area (Å²) in [6, 6.07) is 10.0. The van der Waals surface area contributed by atoms with E-state index in [1.165, 1.54) is 11.3 Å². The molecule has 0 saturated carbocycles. The Morgan fingerprint density at radius 1 is 1.14 bits per heavy atom. The normalized spacial score (nSPS) is 31.5. The lowest BCUT2D eigenvalue weighted by Crippen LogP contribution is -2.45. The molecule has 3 heterocycles. The van der Waals surface area contributed by atoms with Gasteiger partial charge in [-0.25, -0.2) is 4.98 Å². The summed E-state index contributed by atoms with van der Waals surface area (Å²) in [4.78, 5) is 35.5. The van der Waals surface area contributed by atoms with Crippen LogP contribution in [0.3, 0.4) is 0 Å². The van der Waals surface area contributed by atoms with Gasteiger partial charge in [0.25, 0.3) is 0 Å². The maximum absolute atomic E-state index is 13.3. The molecule has 2 saturated heterocycles. The van der Waals surface area contributed by atoms with Crippen LogP contribution in [0.4, 0.5) is 0 Å². The highest BCUT2D eigenvalue weighted by Gasteiger charge is 2.44. The molecule has 4 rings (SSSR count). The lowest BCUT2D eigenvalue weighted by atomic mass is 9.73. The van der Waals surface area contributed by atoms with Crippen molar-refractivity contribution in [3.8, 4) is 0 Å². The number of Topliss-reactive ketones (excluding diaryl/α,β-unsaturated/α-hetero) is 1. The van der Waals surface area contributed by atoms with E-state index >= 15 is 0 Å². The molecule has 1 aromatic carbocycles. The molecule has 2 aliphatic rings. The van der Waals surface area contributed by atoms with Crippen molar-refractivity contribution in [2.45, 2.75) is 104 Å². The number of hydrogen-bond donors (Lipinski definition) is 2. The summed E-state index contributed by atoms with van der Waals surface area (Å²) in [6.45, 7) is 9.38. The molecule has 8 nitrogen and oxygen atoms in total. The molecule has 42 heavy (non-hydrogen) atoms. The monoisotopic (exact) mass is 596 g/mol. The molecule has 1 aromatic heterocycles. The molecule has 0 aliphatic carbocycles. The lowest BCUT2D eigenvalue weighted by molar-refractivity contribution is -0.154. The van der Waals surface area contributed by atoms with E-state index in [2.05, 4.69) is 9.98 Å². The van der Waals surface area contributed by atoms with Crippen molar-refractivity contribution < 1.29 is 29.3 Å². The minimum absolute atomic E-state index is 0.0303. The number of carbonyl (C=O) groups is 2. The molecule has 0 bridgehead atoms. The van der Waals surface area contributed by atoms with E-state index in [9.17, 15) is 19.8 Å². The summed E-state index contributed by atoms with van der Waals surface area (Å²) < 4.78 is 11.8. The zero-order valence-electron chi connectivity index (χ0n) is 25.2. The van der Waals surface area contributed by atoms with Crippen molar-refractivity contribution in [2.24, 2.45) is 22.2 Å². The molecule has 9 heteroatoms. The first-order valence-electron chi connectivity index (χ1n) is 14.9. The second-order valence-electron chi connectivity index (χ2n) is 12.4. The van der Waals surface area contributed by atoms with Gasteiger partial charge in [-0.1, -0.05) is 64.4 Å². The second-order valence-corrected chi connectivity index (χ2v) is 13.3. The average Bonchev–Trinajstić information content (AvgIpc) is 3.55. The Morgan fingerprint density at radius 3 is 2.62 bits per heavy atom. The maximum atomic E-state index is 13.3. The highest BCUT2D eigenvalue weighted by molar-refractivity contribution is 7.11. The van der Waals surface area contributed by atoms with Crippen molar-refractivity contribution >= 4 is 35.4 Å². The Balaban J connectivity index is 1.47. The van der Waals surface area contributed by atoms with Crippen LogP contribution >= 0.6 is 11.3 Å². The fourth-order valence-electron chi connectivity index (χ4n) is 5.57. The largest absolute Gasteiger partial charge is 0.458 e. The minimum atomic E-state index is -1.25. The maximum Gasteiger partial charge on any atom is 0.309 e. The van der Waals surface area contributed by atoms with E-state index in [1.807, 2.05) is 55.6 Å². The van der Waals surface area contributed by atoms with Gasteiger partial charge in [0, 0.05) is 17.7 Å². The molecular weight excluding hydrogens is 552 g/mol. The van der Waals surface area contributed by atoms with Gasteiger partial charge in [-0.3, -0.25) is 14.6 Å². The predicted molar refractivity (Wildman–Crippen MR) is 164 cm³/mol. The summed E-state index contributed by atoms with van der Waals surface area (Å²) in [5.74, 6) is -1.59. The summed E-state index contributed by atoms with van der Waals surface area (Å²) in [7, 11) is 0. The molecule has 0 spiro atoms. The molecule has 0 radical (unpaired) electrons. The van der Waals surface area contributed by atoms with Gasteiger partial charge in [0.05, 0.1) is 54.7 Å². The highest BCUT2D eigenvalue weighted by Crippen LogP contribution is 2.36. The fraction of sp³-hybridized carbons (Fsp3) is 0.576. The number of aromatic nitrogens is 1. The number of fused-ring (bicyclic) bond motifs is 1. The Morgan fingerprint density at radius 2 is 1.88 bits per heavy atom. The molecule has 0 amide bonds. The smallest absolute Gasteiger partial charge is 0.309 e. The van der Waals surface area contributed by atoms with Crippen LogP contribution < -0.4 is 0 Å². The number of ketones is 1. The van der Waals surface area contributed by atoms with E-state index in [4.69, 9.17) is 9.47 Å². The Bertz CT molecular complexity index is 1270. The standard InChI is InChI=1S/C33H44N2O6S/c1-20-10-9-13-25-27(40-25)15-26(41-30(37)16-28(36)33(4,5)32(39)22(3)31(20)38)21(2)14-24-19-42-29(35-24)18-34-17-23-11-7-6-8-12-23/h6-8,11-12,14,18-20,22,25-28,31,36,38H,9-10,13,15-17H2,1-5H3/t20-,22+,25+,26-,27-,28-,31?/m0/s1. The number of aliphatic hydroxyl groups is 2. The minimum Gasteiger partial charge on any atom is -0.458 e. The number of aliphatic imine (C=N–C) groups is 1. The average molecular weight is 597 g/mol. The first kappa shape index (κ1) is 32.2. The Hall–Kier alpha value is -2.72. The first-order chi connectivity index (χ1) is 20.0. The fourth-order valence-corrected chi connectivity index (χ4v) is 6.23. The van der Waals surface area contributed by atoms with Gasteiger partial charge >= 0.3 is 5.97 Å². The van der Waals surface area contributed by atoms with Gasteiger partial charge < -0.3 is 19.7 Å². The number of nitrogens with zero attached hydrogens (tertiary/aromatic N) is 2. The lowest BCUT2D eigenvalue weighted by Gasteiger charge is -2.34. The topological polar surface area (TPSA) is 122 Å². The molecule has 2 aromatic rings. The van der Waals surface area contributed by atoms with Crippen molar-refractivity contribution in [2.75, 3.05) is 0 Å². The van der Waals surface area contributed by atoms with E-state index in [0.29, 0.717) is 13.0 Å². The number of cyclic esters (lactones) is 1. The van der Waals surface area contributed by atoms with Gasteiger partial charge in [-0.15, -0.1) is 11.3 Å². The number of benzene rings is 1. The molecule has 1 unspecified atom stereocenters. The molecule has 2 fully saturated rings. The van der Waals surface area contributed by atoms with Gasteiger partial charge in [0.1, 0.15) is 16.9 Å². The van der Waals surface area contributed by atoms with Gasteiger partial charge in [-0.2, -0.15) is 0 Å².